The smallest absolute Gasteiger partial charge is 0.342 e. The van der Waals surface area contributed by atoms with E-state index in [1.165, 1.54) is 24.7 Å². The van der Waals surface area contributed by atoms with Gasteiger partial charge >= 0.3 is 5.97 Å². The van der Waals surface area contributed by atoms with Crippen LogP contribution in [0.15, 0.2) is 47.3 Å². The highest BCUT2D eigenvalue weighted by Crippen LogP contribution is 2.34. The molecular formula is C22H18ClFN4O4. The maximum absolute atomic E-state index is 13.3. The van der Waals surface area contributed by atoms with Crippen molar-refractivity contribution in [3.8, 4) is 5.75 Å². The van der Waals surface area contributed by atoms with Crippen molar-refractivity contribution in [3.05, 3.63) is 70.7 Å². The molecule has 0 aliphatic carbocycles. The Morgan fingerprint density at radius 1 is 1.22 bits per heavy atom. The summed E-state index contributed by atoms with van der Waals surface area (Å²) in [6, 6.07) is 7.58. The number of fused-ring (bicyclic) bond motifs is 1. The Bertz CT molecular complexity index is 1290. The molecular weight excluding hydrogens is 439 g/mol. The van der Waals surface area contributed by atoms with Crippen LogP contribution in [0.5, 0.6) is 5.75 Å². The fraction of sp³-hybridized carbons (Fsp3) is 0.182. The Labute approximate surface area is 187 Å². The predicted molar refractivity (Wildman–Crippen MR) is 116 cm³/mol. The first kappa shape index (κ1) is 21.5. The fourth-order valence-corrected chi connectivity index (χ4v) is 3.33. The molecule has 0 atom stereocenters. The van der Waals surface area contributed by atoms with Crippen LogP contribution < -0.4 is 10.1 Å². The van der Waals surface area contributed by atoms with Crippen molar-refractivity contribution in [2.75, 3.05) is 11.9 Å². The quantitative estimate of drug-likeness (QED) is 0.378. The van der Waals surface area contributed by atoms with Crippen molar-refractivity contribution >= 4 is 40.2 Å². The van der Waals surface area contributed by atoms with Crippen molar-refractivity contribution in [2.45, 2.75) is 20.5 Å². The van der Waals surface area contributed by atoms with Gasteiger partial charge in [0.05, 0.1) is 22.7 Å². The van der Waals surface area contributed by atoms with E-state index in [0.29, 0.717) is 39.1 Å². The SMILES string of the molecule is CCOC(=O)c1c(C)oc2ncnc(Nc3ccc(OCc4cc(F)ccn4)c(Cl)c3)c12. The molecule has 164 valence electrons. The normalized spacial score (nSPS) is 10.9. The Balaban J connectivity index is 1.58. The monoisotopic (exact) mass is 456 g/mol. The van der Waals surface area contributed by atoms with Crippen LogP contribution in [0.4, 0.5) is 15.9 Å². The topological polar surface area (TPSA) is 99.4 Å². The molecule has 3 heterocycles. The van der Waals surface area contributed by atoms with Gasteiger partial charge in [0.15, 0.2) is 0 Å². The van der Waals surface area contributed by atoms with Gasteiger partial charge in [-0.1, -0.05) is 11.6 Å². The second-order valence-corrected chi connectivity index (χ2v) is 7.09. The molecule has 8 nitrogen and oxygen atoms in total. The predicted octanol–water partition coefficient (Wildman–Crippen LogP) is 5.22. The molecule has 0 saturated carbocycles. The van der Waals surface area contributed by atoms with Crippen molar-refractivity contribution < 1.29 is 23.1 Å². The third-order valence-electron chi connectivity index (χ3n) is 4.49. The third-order valence-corrected chi connectivity index (χ3v) is 4.79. The summed E-state index contributed by atoms with van der Waals surface area (Å²) in [6.07, 6.45) is 2.70. The Morgan fingerprint density at radius 2 is 2.06 bits per heavy atom. The number of hydrogen-bond donors (Lipinski definition) is 1. The van der Waals surface area contributed by atoms with Gasteiger partial charge in [-0.2, -0.15) is 0 Å². The largest absolute Gasteiger partial charge is 0.486 e. The summed E-state index contributed by atoms with van der Waals surface area (Å²) in [5.74, 6) is 0.243. The number of pyridine rings is 1. The van der Waals surface area contributed by atoms with Crippen LogP contribution in [0.1, 0.15) is 28.7 Å². The van der Waals surface area contributed by atoms with Gasteiger partial charge in [-0.15, -0.1) is 0 Å². The maximum Gasteiger partial charge on any atom is 0.342 e. The van der Waals surface area contributed by atoms with Crippen LogP contribution in [-0.2, 0) is 11.3 Å². The van der Waals surface area contributed by atoms with Crippen LogP contribution >= 0.6 is 11.6 Å². The van der Waals surface area contributed by atoms with E-state index in [9.17, 15) is 9.18 Å². The second kappa shape index (κ2) is 9.19. The number of halogens is 2. The van der Waals surface area contributed by atoms with Gasteiger partial charge in [0.2, 0.25) is 5.71 Å². The Kier molecular flexibility index (Phi) is 6.18. The number of hydrogen-bond acceptors (Lipinski definition) is 8. The van der Waals surface area contributed by atoms with Crippen molar-refractivity contribution in [3.63, 3.8) is 0 Å². The summed E-state index contributed by atoms with van der Waals surface area (Å²) in [7, 11) is 0. The molecule has 0 spiro atoms. The first-order valence-corrected chi connectivity index (χ1v) is 10.0. The minimum Gasteiger partial charge on any atom is -0.486 e. The number of ether oxygens (including phenoxy) is 2. The van der Waals surface area contributed by atoms with E-state index in [4.69, 9.17) is 25.5 Å². The molecule has 0 aliphatic rings. The lowest BCUT2D eigenvalue weighted by molar-refractivity contribution is 0.0526. The van der Waals surface area contributed by atoms with Gasteiger partial charge in [-0.3, -0.25) is 4.98 Å². The first-order valence-electron chi connectivity index (χ1n) is 9.67. The molecule has 0 bridgehead atoms. The van der Waals surface area contributed by atoms with E-state index in [1.807, 2.05) is 0 Å². The number of carbonyl (C=O) groups excluding carboxylic acids is 1. The number of anilines is 2. The Morgan fingerprint density at radius 3 is 2.81 bits per heavy atom. The highest BCUT2D eigenvalue weighted by atomic mass is 35.5. The van der Waals surface area contributed by atoms with Gasteiger partial charge in [0.1, 0.15) is 41.6 Å². The summed E-state index contributed by atoms with van der Waals surface area (Å²) in [6.45, 7) is 3.67. The van der Waals surface area contributed by atoms with Gasteiger partial charge in [0.25, 0.3) is 0 Å². The molecule has 32 heavy (non-hydrogen) atoms. The number of furan rings is 1. The summed E-state index contributed by atoms with van der Waals surface area (Å²) in [5, 5.41) is 3.86. The molecule has 3 aromatic heterocycles. The van der Waals surface area contributed by atoms with Crippen LogP contribution in [0.2, 0.25) is 5.02 Å². The average Bonchev–Trinajstić information content (AvgIpc) is 3.10. The summed E-state index contributed by atoms with van der Waals surface area (Å²) < 4.78 is 29.7. The van der Waals surface area contributed by atoms with E-state index in [-0.39, 0.29) is 24.5 Å². The molecule has 0 radical (unpaired) electrons. The lowest BCUT2D eigenvalue weighted by atomic mass is 10.2. The van der Waals surface area contributed by atoms with E-state index in [2.05, 4.69) is 20.3 Å². The number of aryl methyl sites for hydroxylation is 1. The molecule has 0 amide bonds. The molecule has 0 saturated heterocycles. The van der Waals surface area contributed by atoms with Gasteiger partial charge in [0, 0.05) is 11.9 Å². The van der Waals surface area contributed by atoms with Gasteiger partial charge in [-0.05, 0) is 44.2 Å². The van der Waals surface area contributed by atoms with Crippen LogP contribution in [0.25, 0.3) is 11.1 Å². The first-order chi connectivity index (χ1) is 15.5. The molecule has 0 aliphatic heterocycles. The number of nitrogens with one attached hydrogen (secondary N) is 1. The lowest BCUT2D eigenvalue weighted by Gasteiger charge is -2.11. The molecule has 1 aromatic carbocycles. The van der Waals surface area contributed by atoms with E-state index >= 15 is 0 Å². The molecule has 0 unspecified atom stereocenters. The van der Waals surface area contributed by atoms with E-state index in [1.54, 1.807) is 32.0 Å². The highest BCUT2D eigenvalue weighted by molar-refractivity contribution is 6.32. The van der Waals surface area contributed by atoms with Crippen LogP contribution in [0.3, 0.4) is 0 Å². The van der Waals surface area contributed by atoms with Gasteiger partial charge in [-0.25, -0.2) is 19.2 Å². The number of aromatic nitrogens is 3. The Hall–Kier alpha value is -3.72. The molecule has 4 aromatic rings. The maximum atomic E-state index is 13.3. The molecule has 4 rings (SSSR count). The number of nitrogens with zero attached hydrogens (tertiary/aromatic N) is 3. The fourth-order valence-electron chi connectivity index (χ4n) is 3.10. The van der Waals surface area contributed by atoms with Crippen molar-refractivity contribution in [2.24, 2.45) is 0 Å². The zero-order chi connectivity index (χ0) is 22.7. The number of benzene rings is 1. The van der Waals surface area contributed by atoms with Crippen molar-refractivity contribution in [1.82, 2.24) is 15.0 Å². The molecule has 10 heteroatoms. The molecule has 0 fully saturated rings. The van der Waals surface area contributed by atoms with Crippen LogP contribution in [-0.4, -0.2) is 27.5 Å². The zero-order valence-corrected chi connectivity index (χ0v) is 17.9. The number of carbonyl (C=O) groups is 1. The van der Waals surface area contributed by atoms with Crippen molar-refractivity contribution in [1.29, 1.82) is 0 Å². The van der Waals surface area contributed by atoms with E-state index < -0.39 is 11.8 Å². The zero-order valence-electron chi connectivity index (χ0n) is 17.2. The minimum absolute atomic E-state index is 0.0635. The van der Waals surface area contributed by atoms with Gasteiger partial charge < -0.3 is 19.2 Å². The highest BCUT2D eigenvalue weighted by Gasteiger charge is 2.24. The summed E-state index contributed by atoms with van der Waals surface area (Å²) in [5.41, 5.74) is 1.56. The molecule has 1 N–H and O–H groups in total. The average molecular weight is 457 g/mol. The standard InChI is InChI=1S/C22H18ClFN4O4/c1-3-30-22(29)18-12(2)32-21-19(18)20(26-11-27-21)28-14-4-5-17(16(23)9-14)31-10-15-8-13(24)6-7-25-15/h4-9,11H,3,10H2,1-2H3,(H,26,27,28). The second-order valence-electron chi connectivity index (χ2n) is 6.68. The minimum atomic E-state index is -0.519. The lowest BCUT2D eigenvalue weighted by Crippen LogP contribution is -2.06. The number of rotatable bonds is 7. The van der Waals surface area contributed by atoms with Crippen LogP contribution in [0, 0.1) is 12.7 Å². The summed E-state index contributed by atoms with van der Waals surface area (Å²) in [4.78, 5) is 24.8. The summed E-state index contributed by atoms with van der Waals surface area (Å²) >= 11 is 6.35. The number of esters is 1. The third kappa shape index (κ3) is 4.47. The van der Waals surface area contributed by atoms with E-state index in [0.717, 1.165) is 0 Å².